The van der Waals surface area contributed by atoms with Gasteiger partial charge in [0.15, 0.2) is 5.13 Å². The molecule has 0 aliphatic carbocycles. The number of amides is 1. The summed E-state index contributed by atoms with van der Waals surface area (Å²) in [5.41, 5.74) is 2.81. The highest BCUT2D eigenvalue weighted by Crippen LogP contribution is 2.32. The molecule has 162 valence electrons. The first-order valence-electron chi connectivity index (χ1n) is 9.70. The van der Waals surface area contributed by atoms with Gasteiger partial charge < -0.3 is 9.47 Å². The van der Waals surface area contributed by atoms with Crippen molar-refractivity contribution in [3.63, 3.8) is 0 Å². The monoisotopic (exact) mass is 456 g/mol. The summed E-state index contributed by atoms with van der Waals surface area (Å²) in [5.74, 6) is -0.147. The summed E-state index contributed by atoms with van der Waals surface area (Å²) in [6, 6.07) is 13.1. The van der Waals surface area contributed by atoms with Gasteiger partial charge in [-0.25, -0.2) is 9.78 Å². The molecule has 6 nitrogen and oxygen atoms in total. The SMILES string of the molecule is CCc1ccccc1N(C(C)=O)c1nc(COC(=O)c2ccc(SC)cc2OC)cs1. The molecule has 0 aliphatic heterocycles. The molecule has 0 saturated heterocycles. The maximum atomic E-state index is 12.6. The van der Waals surface area contributed by atoms with Crippen LogP contribution in [-0.4, -0.2) is 30.2 Å². The van der Waals surface area contributed by atoms with E-state index in [0.29, 0.717) is 22.1 Å². The highest BCUT2D eigenvalue weighted by molar-refractivity contribution is 7.98. The molecular formula is C23H24N2O4S2. The van der Waals surface area contributed by atoms with Gasteiger partial charge in [0.1, 0.15) is 17.9 Å². The Morgan fingerprint density at radius 1 is 1.19 bits per heavy atom. The molecule has 0 aliphatic rings. The zero-order valence-corrected chi connectivity index (χ0v) is 19.5. The van der Waals surface area contributed by atoms with Crippen LogP contribution in [0.25, 0.3) is 0 Å². The van der Waals surface area contributed by atoms with E-state index in [4.69, 9.17) is 9.47 Å². The lowest BCUT2D eigenvalue weighted by molar-refractivity contribution is -0.115. The predicted octanol–water partition coefficient (Wildman–Crippen LogP) is 5.48. The number of ether oxygens (including phenoxy) is 2. The van der Waals surface area contributed by atoms with E-state index in [9.17, 15) is 9.59 Å². The van der Waals surface area contributed by atoms with Crippen molar-refractivity contribution in [1.82, 2.24) is 4.98 Å². The molecule has 3 aromatic rings. The molecule has 0 saturated carbocycles. The topological polar surface area (TPSA) is 68.7 Å². The van der Waals surface area contributed by atoms with Gasteiger partial charge in [-0.05, 0) is 42.5 Å². The van der Waals surface area contributed by atoms with E-state index in [1.165, 1.54) is 25.4 Å². The largest absolute Gasteiger partial charge is 0.496 e. The lowest BCUT2D eigenvalue weighted by Gasteiger charge is -2.20. The third kappa shape index (κ3) is 5.26. The highest BCUT2D eigenvalue weighted by Gasteiger charge is 2.21. The number of aryl methyl sites for hydroxylation is 1. The molecule has 1 aromatic heterocycles. The van der Waals surface area contributed by atoms with Crippen molar-refractivity contribution >= 4 is 45.8 Å². The summed E-state index contributed by atoms with van der Waals surface area (Å²) in [7, 11) is 1.52. The Balaban J connectivity index is 1.76. The van der Waals surface area contributed by atoms with Crippen LogP contribution in [0.1, 0.15) is 35.5 Å². The standard InChI is InChI=1S/C23H24N2O4S2/c1-5-16-8-6-7-9-20(16)25(15(2)26)23-24-17(14-31-23)13-29-22(27)19-11-10-18(30-4)12-21(19)28-3/h6-12,14H,5,13H2,1-4H3. The summed E-state index contributed by atoms with van der Waals surface area (Å²) >= 11 is 2.90. The summed E-state index contributed by atoms with van der Waals surface area (Å²) in [5, 5.41) is 2.34. The van der Waals surface area contributed by atoms with Crippen molar-refractivity contribution in [3.8, 4) is 5.75 Å². The molecule has 3 rings (SSSR count). The van der Waals surface area contributed by atoms with Crippen LogP contribution in [0.15, 0.2) is 52.7 Å². The molecule has 0 fully saturated rings. The third-order valence-electron chi connectivity index (χ3n) is 4.64. The number of benzene rings is 2. The molecule has 2 aromatic carbocycles. The number of hydrogen-bond donors (Lipinski definition) is 0. The van der Waals surface area contributed by atoms with Crippen molar-refractivity contribution in [2.45, 2.75) is 31.8 Å². The maximum Gasteiger partial charge on any atom is 0.342 e. The Labute approximate surface area is 190 Å². The first kappa shape index (κ1) is 22.8. The molecule has 0 N–H and O–H groups in total. The van der Waals surface area contributed by atoms with Crippen molar-refractivity contribution < 1.29 is 19.1 Å². The zero-order chi connectivity index (χ0) is 22.4. The fourth-order valence-corrected chi connectivity index (χ4v) is 4.38. The Morgan fingerprint density at radius 3 is 2.65 bits per heavy atom. The highest BCUT2D eigenvalue weighted by atomic mass is 32.2. The number of hydrogen-bond acceptors (Lipinski definition) is 7. The lowest BCUT2D eigenvalue weighted by Crippen LogP contribution is -2.23. The Hall–Kier alpha value is -2.84. The average molecular weight is 457 g/mol. The van der Waals surface area contributed by atoms with Gasteiger partial charge in [-0.2, -0.15) is 0 Å². The van der Waals surface area contributed by atoms with Gasteiger partial charge in [-0.1, -0.05) is 25.1 Å². The number of esters is 1. The average Bonchev–Trinajstić information content (AvgIpc) is 3.25. The van der Waals surface area contributed by atoms with E-state index in [1.54, 1.807) is 34.2 Å². The molecule has 1 heterocycles. The Bertz CT molecular complexity index is 1080. The van der Waals surface area contributed by atoms with Crippen LogP contribution in [0.3, 0.4) is 0 Å². The van der Waals surface area contributed by atoms with E-state index in [-0.39, 0.29) is 12.5 Å². The summed E-state index contributed by atoms with van der Waals surface area (Å²) < 4.78 is 10.8. The minimum atomic E-state index is -0.487. The molecule has 0 unspecified atom stereocenters. The Morgan fingerprint density at radius 2 is 1.97 bits per heavy atom. The number of para-hydroxylation sites is 1. The molecule has 31 heavy (non-hydrogen) atoms. The smallest absolute Gasteiger partial charge is 0.342 e. The molecular weight excluding hydrogens is 432 g/mol. The van der Waals surface area contributed by atoms with Crippen molar-refractivity contribution in [2.75, 3.05) is 18.3 Å². The van der Waals surface area contributed by atoms with Gasteiger partial charge in [-0.3, -0.25) is 9.69 Å². The quantitative estimate of drug-likeness (QED) is 0.330. The number of methoxy groups -OCH3 is 1. The third-order valence-corrected chi connectivity index (χ3v) is 6.24. The molecule has 0 spiro atoms. The zero-order valence-electron chi connectivity index (χ0n) is 17.9. The van der Waals surface area contributed by atoms with Crippen molar-refractivity contribution in [1.29, 1.82) is 0 Å². The van der Waals surface area contributed by atoms with Crippen LogP contribution in [0, 0.1) is 0 Å². The molecule has 0 atom stereocenters. The number of rotatable bonds is 8. The Kier molecular flexibility index (Phi) is 7.70. The molecule has 8 heteroatoms. The number of aromatic nitrogens is 1. The minimum Gasteiger partial charge on any atom is -0.496 e. The number of anilines is 2. The maximum absolute atomic E-state index is 12.6. The van der Waals surface area contributed by atoms with Crippen molar-refractivity contribution in [2.24, 2.45) is 0 Å². The summed E-state index contributed by atoms with van der Waals surface area (Å²) in [6.07, 6.45) is 2.75. The number of carbonyl (C=O) groups is 2. The molecule has 1 amide bonds. The fourth-order valence-electron chi connectivity index (χ4n) is 3.08. The first-order valence-corrected chi connectivity index (χ1v) is 11.8. The molecule has 0 radical (unpaired) electrons. The van der Waals surface area contributed by atoms with Crippen LogP contribution < -0.4 is 9.64 Å². The van der Waals surface area contributed by atoms with Gasteiger partial charge in [0.25, 0.3) is 0 Å². The number of nitrogens with zero attached hydrogens (tertiary/aromatic N) is 2. The van der Waals surface area contributed by atoms with Crippen LogP contribution in [0.5, 0.6) is 5.75 Å². The van der Waals surface area contributed by atoms with Gasteiger partial charge >= 0.3 is 5.97 Å². The summed E-state index contributed by atoms with van der Waals surface area (Å²) in [6.45, 7) is 3.56. The second kappa shape index (κ2) is 10.5. The van der Waals surface area contributed by atoms with Gasteiger partial charge in [0, 0.05) is 17.2 Å². The van der Waals surface area contributed by atoms with E-state index >= 15 is 0 Å². The number of carbonyl (C=O) groups excluding carboxylic acids is 2. The second-order valence-electron chi connectivity index (χ2n) is 6.60. The summed E-state index contributed by atoms with van der Waals surface area (Å²) in [4.78, 5) is 32.1. The fraction of sp³-hybridized carbons (Fsp3) is 0.261. The van der Waals surface area contributed by atoms with Crippen LogP contribution in [0.2, 0.25) is 0 Å². The number of thiazole rings is 1. The van der Waals surface area contributed by atoms with E-state index in [2.05, 4.69) is 4.98 Å². The lowest BCUT2D eigenvalue weighted by atomic mass is 10.1. The minimum absolute atomic E-state index is 0.00390. The van der Waals surface area contributed by atoms with E-state index < -0.39 is 5.97 Å². The van der Waals surface area contributed by atoms with E-state index in [0.717, 1.165) is 22.6 Å². The van der Waals surface area contributed by atoms with Crippen LogP contribution >= 0.6 is 23.1 Å². The van der Waals surface area contributed by atoms with Crippen LogP contribution in [0.4, 0.5) is 10.8 Å². The van der Waals surface area contributed by atoms with Gasteiger partial charge in [0.05, 0.1) is 18.5 Å². The van der Waals surface area contributed by atoms with Crippen LogP contribution in [-0.2, 0) is 22.6 Å². The van der Waals surface area contributed by atoms with Gasteiger partial charge in [0.2, 0.25) is 5.91 Å². The number of thioether (sulfide) groups is 1. The normalized spacial score (nSPS) is 10.6. The van der Waals surface area contributed by atoms with Crippen molar-refractivity contribution in [3.05, 3.63) is 64.7 Å². The molecule has 0 bridgehead atoms. The van der Waals surface area contributed by atoms with E-state index in [1.807, 2.05) is 43.5 Å². The van der Waals surface area contributed by atoms with Gasteiger partial charge in [-0.15, -0.1) is 23.1 Å². The first-order chi connectivity index (χ1) is 15.0. The second-order valence-corrected chi connectivity index (χ2v) is 8.32. The predicted molar refractivity (Wildman–Crippen MR) is 125 cm³/mol.